The van der Waals surface area contributed by atoms with Gasteiger partial charge in [-0.3, -0.25) is 0 Å². The van der Waals surface area contributed by atoms with E-state index >= 15 is 0 Å². The van der Waals surface area contributed by atoms with Crippen LogP contribution in [0.2, 0.25) is 0 Å². The number of rotatable bonds is 4. The lowest BCUT2D eigenvalue weighted by Gasteiger charge is -2.07. The van der Waals surface area contributed by atoms with Gasteiger partial charge in [-0.15, -0.1) is 0 Å². The Kier molecular flexibility index (Phi) is 4.43. The number of ether oxygens (including phenoxy) is 1. The smallest absolute Gasteiger partial charge is 0.342 e. The third kappa shape index (κ3) is 3.47. The van der Waals surface area contributed by atoms with Crippen molar-refractivity contribution in [1.82, 2.24) is 4.98 Å². The lowest BCUT2D eigenvalue weighted by molar-refractivity contribution is 0.0463. The van der Waals surface area contributed by atoms with Crippen molar-refractivity contribution < 1.29 is 24.2 Å². The number of aromatic hydroxyl groups is 2. The number of nitrogens with zero attached hydrogens (tertiary/aromatic N) is 1. The molecule has 2 aromatic carbocycles. The molecule has 0 amide bonds. The van der Waals surface area contributed by atoms with Gasteiger partial charge in [-0.25, -0.2) is 9.78 Å². The molecule has 0 saturated carbocycles. The number of phenols is 2. The molecule has 0 aliphatic rings. The molecule has 3 rings (SSSR count). The van der Waals surface area contributed by atoms with Crippen LogP contribution in [0.1, 0.15) is 27.2 Å². The van der Waals surface area contributed by atoms with Gasteiger partial charge >= 0.3 is 5.97 Å². The summed E-state index contributed by atoms with van der Waals surface area (Å²) in [5, 5.41) is 19.5. The zero-order valence-corrected chi connectivity index (χ0v) is 13.8. The van der Waals surface area contributed by atoms with Gasteiger partial charge in [0.25, 0.3) is 0 Å². The maximum absolute atomic E-state index is 12.1. The van der Waals surface area contributed by atoms with E-state index in [2.05, 4.69) is 4.98 Å². The summed E-state index contributed by atoms with van der Waals surface area (Å²) in [4.78, 5) is 16.3. The summed E-state index contributed by atoms with van der Waals surface area (Å²) in [6.45, 7) is 3.50. The second-order valence-electron chi connectivity index (χ2n) is 5.71. The molecule has 0 aliphatic carbocycles. The standard InChI is InChI=1S/C19H17NO5/c1-11-3-6-13(7-4-11)18-20-14(9-24-18)10-25-19(23)15-8-5-12(2)16(21)17(15)22/h3-9,21-22H,10H2,1-2H3. The van der Waals surface area contributed by atoms with Crippen molar-refractivity contribution in [2.24, 2.45) is 0 Å². The minimum absolute atomic E-state index is 0.106. The Bertz CT molecular complexity index is 912. The minimum atomic E-state index is -0.757. The second kappa shape index (κ2) is 6.68. The Morgan fingerprint density at radius 1 is 1.08 bits per heavy atom. The third-order valence-corrected chi connectivity index (χ3v) is 3.77. The van der Waals surface area contributed by atoms with Crippen molar-refractivity contribution in [3.63, 3.8) is 0 Å². The third-order valence-electron chi connectivity index (χ3n) is 3.77. The maximum atomic E-state index is 12.1. The molecule has 0 bridgehead atoms. The number of esters is 1. The molecular formula is C19H17NO5. The molecule has 0 radical (unpaired) electrons. The average molecular weight is 339 g/mol. The van der Waals surface area contributed by atoms with Crippen LogP contribution in [0.3, 0.4) is 0 Å². The quantitative estimate of drug-likeness (QED) is 0.556. The van der Waals surface area contributed by atoms with Gasteiger partial charge in [0.1, 0.15) is 24.1 Å². The van der Waals surface area contributed by atoms with Crippen molar-refractivity contribution in [1.29, 1.82) is 0 Å². The van der Waals surface area contributed by atoms with Crippen LogP contribution in [0.4, 0.5) is 0 Å². The van der Waals surface area contributed by atoms with Crippen molar-refractivity contribution in [2.75, 3.05) is 0 Å². The zero-order valence-electron chi connectivity index (χ0n) is 13.8. The summed E-state index contributed by atoms with van der Waals surface area (Å²) < 4.78 is 10.5. The number of carbonyl (C=O) groups excluding carboxylic acids is 1. The normalized spacial score (nSPS) is 10.6. The van der Waals surface area contributed by atoms with Crippen LogP contribution in [-0.2, 0) is 11.3 Å². The van der Waals surface area contributed by atoms with Gasteiger partial charge in [-0.2, -0.15) is 0 Å². The number of aryl methyl sites for hydroxylation is 2. The van der Waals surface area contributed by atoms with E-state index in [1.165, 1.54) is 18.4 Å². The van der Waals surface area contributed by atoms with Gasteiger partial charge in [-0.1, -0.05) is 23.8 Å². The molecule has 1 heterocycles. The largest absolute Gasteiger partial charge is 0.504 e. The van der Waals surface area contributed by atoms with Gasteiger partial charge in [0.15, 0.2) is 11.5 Å². The molecule has 25 heavy (non-hydrogen) atoms. The number of carbonyl (C=O) groups is 1. The van der Waals surface area contributed by atoms with E-state index in [4.69, 9.17) is 9.15 Å². The lowest BCUT2D eigenvalue weighted by Crippen LogP contribution is -2.06. The van der Waals surface area contributed by atoms with Crippen LogP contribution in [-0.4, -0.2) is 21.2 Å². The van der Waals surface area contributed by atoms with Crippen molar-refractivity contribution in [3.8, 4) is 23.0 Å². The summed E-state index contributed by atoms with van der Waals surface area (Å²) in [5.74, 6) is -1.15. The summed E-state index contributed by atoms with van der Waals surface area (Å²) in [5.41, 5.74) is 2.76. The zero-order chi connectivity index (χ0) is 18.0. The van der Waals surface area contributed by atoms with Crippen molar-refractivity contribution >= 4 is 5.97 Å². The van der Waals surface area contributed by atoms with Gasteiger partial charge < -0.3 is 19.4 Å². The molecule has 0 aliphatic heterocycles. The number of benzene rings is 2. The number of phenolic OH excluding ortho intramolecular Hbond substituents is 2. The van der Waals surface area contributed by atoms with E-state index in [1.807, 2.05) is 31.2 Å². The Hall–Kier alpha value is -3.28. The number of aromatic nitrogens is 1. The maximum Gasteiger partial charge on any atom is 0.342 e. The summed E-state index contributed by atoms with van der Waals surface area (Å²) >= 11 is 0. The first-order valence-corrected chi connectivity index (χ1v) is 7.66. The molecule has 128 valence electrons. The Morgan fingerprint density at radius 3 is 2.52 bits per heavy atom. The predicted octanol–water partition coefficient (Wildman–Crippen LogP) is 3.73. The van der Waals surface area contributed by atoms with Crippen LogP contribution in [0, 0.1) is 13.8 Å². The molecule has 0 unspecified atom stereocenters. The Morgan fingerprint density at radius 2 is 1.80 bits per heavy atom. The number of oxazole rings is 1. The fraction of sp³-hybridized carbons (Fsp3) is 0.158. The van der Waals surface area contributed by atoms with Crippen LogP contribution in [0.5, 0.6) is 11.5 Å². The highest BCUT2D eigenvalue weighted by Gasteiger charge is 2.18. The average Bonchev–Trinajstić information content (AvgIpc) is 3.07. The summed E-state index contributed by atoms with van der Waals surface area (Å²) in [6, 6.07) is 10.6. The van der Waals surface area contributed by atoms with Crippen molar-refractivity contribution in [3.05, 3.63) is 65.0 Å². The molecule has 0 saturated heterocycles. The molecule has 2 N–H and O–H groups in total. The SMILES string of the molecule is Cc1ccc(-c2nc(COC(=O)c3ccc(C)c(O)c3O)co2)cc1. The number of hydrogen-bond acceptors (Lipinski definition) is 6. The Labute approximate surface area is 144 Å². The molecular weight excluding hydrogens is 322 g/mol. The molecule has 0 fully saturated rings. The van der Waals surface area contributed by atoms with Crippen LogP contribution >= 0.6 is 0 Å². The number of hydrogen-bond donors (Lipinski definition) is 2. The van der Waals surface area contributed by atoms with Crippen LogP contribution < -0.4 is 0 Å². The summed E-state index contributed by atoms with van der Waals surface area (Å²) in [6.07, 6.45) is 1.41. The monoisotopic (exact) mass is 339 g/mol. The molecule has 6 heteroatoms. The second-order valence-corrected chi connectivity index (χ2v) is 5.71. The predicted molar refractivity (Wildman–Crippen MR) is 90.3 cm³/mol. The van der Waals surface area contributed by atoms with E-state index < -0.39 is 11.7 Å². The minimum Gasteiger partial charge on any atom is -0.504 e. The highest BCUT2D eigenvalue weighted by molar-refractivity contribution is 5.93. The molecule has 0 spiro atoms. The highest BCUT2D eigenvalue weighted by Crippen LogP contribution is 2.32. The highest BCUT2D eigenvalue weighted by atomic mass is 16.5. The molecule has 3 aromatic rings. The van der Waals surface area contributed by atoms with Crippen molar-refractivity contribution in [2.45, 2.75) is 20.5 Å². The van der Waals surface area contributed by atoms with Crippen LogP contribution in [0.15, 0.2) is 47.1 Å². The molecule has 0 atom stereocenters. The van der Waals surface area contributed by atoms with E-state index in [0.717, 1.165) is 11.1 Å². The van der Waals surface area contributed by atoms with E-state index in [-0.39, 0.29) is 17.9 Å². The van der Waals surface area contributed by atoms with E-state index in [9.17, 15) is 15.0 Å². The fourth-order valence-corrected chi connectivity index (χ4v) is 2.26. The first-order valence-electron chi connectivity index (χ1n) is 7.66. The molecule has 6 nitrogen and oxygen atoms in total. The van der Waals surface area contributed by atoms with Gasteiger partial charge in [0, 0.05) is 5.56 Å². The van der Waals surface area contributed by atoms with Crippen LogP contribution in [0.25, 0.3) is 11.5 Å². The topological polar surface area (TPSA) is 92.8 Å². The molecule has 1 aromatic heterocycles. The van der Waals surface area contributed by atoms with E-state index in [0.29, 0.717) is 17.1 Å². The summed E-state index contributed by atoms with van der Waals surface area (Å²) in [7, 11) is 0. The first kappa shape index (κ1) is 16.6. The van der Waals surface area contributed by atoms with E-state index in [1.54, 1.807) is 6.92 Å². The van der Waals surface area contributed by atoms with Gasteiger partial charge in [0.2, 0.25) is 5.89 Å². The van der Waals surface area contributed by atoms with Gasteiger partial charge in [0.05, 0.1) is 0 Å². The fourth-order valence-electron chi connectivity index (χ4n) is 2.26. The first-order chi connectivity index (χ1) is 12.0. The van der Waals surface area contributed by atoms with Gasteiger partial charge in [-0.05, 0) is 37.6 Å². The lowest BCUT2D eigenvalue weighted by atomic mass is 10.1. The Balaban J connectivity index is 1.69.